The van der Waals surface area contributed by atoms with Gasteiger partial charge in [-0.05, 0) is 64.4 Å². The molecule has 2 aromatic rings. The Morgan fingerprint density at radius 3 is 2.61 bits per heavy atom. The minimum absolute atomic E-state index is 0.0190. The van der Waals surface area contributed by atoms with Gasteiger partial charge in [-0.15, -0.1) is 0 Å². The summed E-state index contributed by atoms with van der Waals surface area (Å²) in [4.78, 5) is 30.8. The molecule has 1 saturated carbocycles. The molecule has 0 saturated heterocycles. The highest BCUT2D eigenvalue weighted by Gasteiger charge is 2.27. The van der Waals surface area contributed by atoms with Crippen molar-refractivity contribution in [2.45, 2.75) is 51.0 Å². The van der Waals surface area contributed by atoms with Crippen LogP contribution in [-0.4, -0.2) is 64.7 Å². The number of nitrogens with one attached hydrogen (secondary N) is 2. The Morgan fingerprint density at radius 1 is 1.27 bits per heavy atom. The molecule has 0 aliphatic heterocycles. The number of carbonyl (C=O) groups is 2. The molecule has 33 heavy (non-hydrogen) atoms. The zero-order chi connectivity index (χ0) is 23.8. The third-order valence-corrected chi connectivity index (χ3v) is 6.09. The number of hydrogen-bond donors (Lipinski definition) is 3. The normalized spacial score (nSPS) is 14.3. The number of anilines is 1. The lowest BCUT2D eigenvalue weighted by Crippen LogP contribution is -2.35. The van der Waals surface area contributed by atoms with Gasteiger partial charge in [0.25, 0.3) is 5.91 Å². The van der Waals surface area contributed by atoms with E-state index in [-0.39, 0.29) is 28.7 Å². The lowest BCUT2D eigenvalue weighted by Gasteiger charge is -2.18. The molecule has 0 radical (unpaired) electrons. The van der Waals surface area contributed by atoms with E-state index in [9.17, 15) is 9.59 Å². The van der Waals surface area contributed by atoms with Gasteiger partial charge in [0.15, 0.2) is 0 Å². The summed E-state index contributed by atoms with van der Waals surface area (Å²) in [5.74, 6) is 0.594. The SMILES string of the molecule is CCC(C(=O)NCCCN(C)CCCNC(=O)c1cnc(N)c(Cl)c1)n1ccc(C2CC2)n1. The zero-order valence-electron chi connectivity index (χ0n) is 19.4. The van der Waals surface area contributed by atoms with Crippen molar-refractivity contribution in [3.8, 4) is 0 Å². The van der Waals surface area contributed by atoms with Crippen LogP contribution in [-0.2, 0) is 4.79 Å². The van der Waals surface area contributed by atoms with E-state index in [0.717, 1.165) is 31.6 Å². The molecule has 3 rings (SSSR count). The maximum absolute atomic E-state index is 12.6. The van der Waals surface area contributed by atoms with Gasteiger partial charge in [-0.2, -0.15) is 5.10 Å². The lowest BCUT2D eigenvalue weighted by molar-refractivity contribution is -0.124. The van der Waals surface area contributed by atoms with Crippen LogP contribution < -0.4 is 16.4 Å². The molecule has 9 nitrogen and oxygen atoms in total. The van der Waals surface area contributed by atoms with Crippen molar-refractivity contribution >= 4 is 29.2 Å². The zero-order valence-corrected chi connectivity index (χ0v) is 20.1. The largest absolute Gasteiger partial charge is 0.382 e. The Kier molecular flexibility index (Phi) is 9.08. The molecule has 1 fully saturated rings. The number of nitrogens with zero attached hydrogens (tertiary/aromatic N) is 4. The van der Waals surface area contributed by atoms with E-state index in [2.05, 4.69) is 25.6 Å². The topological polar surface area (TPSA) is 118 Å². The van der Waals surface area contributed by atoms with E-state index in [1.54, 1.807) is 4.68 Å². The van der Waals surface area contributed by atoms with Crippen LogP contribution in [0.4, 0.5) is 5.82 Å². The molecule has 1 atom stereocenters. The Bertz CT molecular complexity index is 945. The number of halogens is 1. The Hall–Kier alpha value is -2.65. The van der Waals surface area contributed by atoms with Crippen LogP contribution in [0.5, 0.6) is 0 Å². The van der Waals surface area contributed by atoms with E-state index in [4.69, 9.17) is 17.3 Å². The summed E-state index contributed by atoms with van der Waals surface area (Å²) in [5.41, 5.74) is 7.06. The molecule has 2 amide bonds. The van der Waals surface area contributed by atoms with E-state index in [1.165, 1.54) is 25.1 Å². The number of carbonyl (C=O) groups excluding carboxylic acids is 2. The fourth-order valence-electron chi connectivity index (χ4n) is 3.63. The number of rotatable bonds is 13. The fraction of sp³-hybridized carbons (Fsp3) is 0.565. The van der Waals surface area contributed by atoms with Crippen molar-refractivity contribution in [3.63, 3.8) is 0 Å². The summed E-state index contributed by atoms with van der Waals surface area (Å²) in [6, 6.07) is 3.29. The molecular weight excluding hydrogens is 442 g/mol. The van der Waals surface area contributed by atoms with Gasteiger partial charge in [-0.1, -0.05) is 18.5 Å². The van der Waals surface area contributed by atoms with Gasteiger partial charge in [-0.3, -0.25) is 14.3 Å². The van der Waals surface area contributed by atoms with Gasteiger partial charge >= 0.3 is 0 Å². The molecular formula is C23H34ClN7O2. The van der Waals surface area contributed by atoms with E-state index in [0.29, 0.717) is 31.0 Å². The van der Waals surface area contributed by atoms with Crippen molar-refractivity contribution in [2.75, 3.05) is 39.0 Å². The summed E-state index contributed by atoms with van der Waals surface area (Å²) < 4.78 is 1.80. The van der Waals surface area contributed by atoms with Crippen LogP contribution in [0.3, 0.4) is 0 Å². The number of hydrogen-bond acceptors (Lipinski definition) is 6. The van der Waals surface area contributed by atoms with Gasteiger partial charge in [0.1, 0.15) is 11.9 Å². The molecule has 10 heteroatoms. The molecule has 1 aliphatic rings. The quantitative estimate of drug-likeness (QED) is 0.383. The minimum Gasteiger partial charge on any atom is -0.382 e. The highest BCUT2D eigenvalue weighted by atomic mass is 35.5. The molecule has 0 spiro atoms. The van der Waals surface area contributed by atoms with Crippen molar-refractivity contribution in [3.05, 3.63) is 40.8 Å². The van der Waals surface area contributed by atoms with Gasteiger partial charge in [0.05, 0.1) is 16.3 Å². The van der Waals surface area contributed by atoms with Gasteiger partial charge in [0, 0.05) is 31.4 Å². The van der Waals surface area contributed by atoms with Crippen molar-refractivity contribution in [1.82, 2.24) is 30.3 Å². The second kappa shape index (κ2) is 12.0. The summed E-state index contributed by atoms with van der Waals surface area (Å²) in [5, 5.41) is 10.8. The fourth-order valence-corrected chi connectivity index (χ4v) is 3.80. The summed E-state index contributed by atoms with van der Waals surface area (Å²) in [6.45, 7) is 4.87. The second-order valence-corrected chi connectivity index (χ2v) is 8.97. The number of nitrogens with two attached hydrogens (primary N) is 1. The monoisotopic (exact) mass is 475 g/mol. The molecule has 0 aromatic carbocycles. The first-order chi connectivity index (χ1) is 15.9. The van der Waals surface area contributed by atoms with Gasteiger partial charge < -0.3 is 21.3 Å². The van der Waals surface area contributed by atoms with Crippen LogP contribution in [0.2, 0.25) is 5.02 Å². The third kappa shape index (κ3) is 7.43. The first-order valence-corrected chi connectivity index (χ1v) is 12.0. The van der Waals surface area contributed by atoms with Gasteiger partial charge in [-0.25, -0.2) is 4.98 Å². The van der Waals surface area contributed by atoms with Crippen LogP contribution in [0, 0.1) is 0 Å². The highest BCUT2D eigenvalue weighted by Crippen LogP contribution is 2.39. The van der Waals surface area contributed by atoms with Crippen molar-refractivity contribution in [1.29, 1.82) is 0 Å². The minimum atomic E-state index is -0.259. The molecule has 180 valence electrons. The average Bonchev–Trinajstić information content (AvgIpc) is 3.54. The molecule has 2 heterocycles. The smallest absolute Gasteiger partial charge is 0.252 e. The van der Waals surface area contributed by atoms with Gasteiger partial charge in [0.2, 0.25) is 5.91 Å². The Labute approximate surface area is 200 Å². The second-order valence-electron chi connectivity index (χ2n) is 8.57. The number of amides is 2. The summed E-state index contributed by atoms with van der Waals surface area (Å²) in [7, 11) is 2.03. The maximum Gasteiger partial charge on any atom is 0.252 e. The number of pyridine rings is 1. The van der Waals surface area contributed by atoms with Crippen LogP contribution >= 0.6 is 11.6 Å². The van der Waals surface area contributed by atoms with Crippen LogP contribution in [0.25, 0.3) is 0 Å². The Balaban J connectivity index is 1.28. The first kappa shape index (κ1) is 25.0. The predicted molar refractivity (Wildman–Crippen MR) is 129 cm³/mol. The van der Waals surface area contributed by atoms with Crippen LogP contribution in [0.15, 0.2) is 24.5 Å². The Morgan fingerprint density at radius 2 is 1.97 bits per heavy atom. The third-order valence-electron chi connectivity index (χ3n) is 5.78. The van der Waals surface area contributed by atoms with E-state index >= 15 is 0 Å². The summed E-state index contributed by atoms with van der Waals surface area (Å²) >= 11 is 5.91. The molecule has 1 unspecified atom stereocenters. The molecule has 4 N–H and O–H groups in total. The summed E-state index contributed by atoms with van der Waals surface area (Å²) in [6.07, 6.45) is 8.12. The number of nitrogen functional groups attached to an aromatic ring is 1. The van der Waals surface area contributed by atoms with E-state index in [1.807, 2.05) is 26.2 Å². The number of aromatic nitrogens is 3. The molecule has 0 bridgehead atoms. The maximum atomic E-state index is 12.6. The first-order valence-electron chi connectivity index (χ1n) is 11.6. The lowest BCUT2D eigenvalue weighted by atomic mass is 10.2. The van der Waals surface area contributed by atoms with Crippen molar-refractivity contribution in [2.24, 2.45) is 0 Å². The highest BCUT2D eigenvalue weighted by molar-refractivity contribution is 6.33. The van der Waals surface area contributed by atoms with Crippen molar-refractivity contribution < 1.29 is 9.59 Å². The van der Waals surface area contributed by atoms with E-state index < -0.39 is 0 Å². The molecule has 1 aliphatic carbocycles. The predicted octanol–water partition coefficient (Wildman–Crippen LogP) is 2.60. The average molecular weight is 476 g/mol. The van der Waals surface area contributed by atoms with Crippen LogP contribution in [0.1, 0.15) is 67.0 Å². The standard InChI is InChI=1S/C23H34ClN7O2/c1-3-20(31-13-8-19(29-31)16-6-7-16)23(33)27-10-5-12-30(2)11-4-9-26-22(32)17-14-18(24)21(25)28-15-17/h8,13-16,20H,3-7,9-12H2,1-2H3,(H2,25,28)(H,26,32)(H,27,33). The molecule has 2 aromatic heterocycles.